The van der Waals surface area contributed by atoms with Gasteiger partial charge in [0, 0.05) is 18.7 Å². The van der Waals surface area contributed by atoms with Gasteiger partial charge in [0.1, 0.15) is 0 Å². The van der Waals surface area contributed by atoms with Crippen LogP contribution in [0.4, 0.5) is 13.2 Å². The van der Waals surface area contributed by atoms with Gasteiger partial charge in [0.05, 0.1) is 36.8 Å². The van der Waals surface area contributed by atoms with E-state index in [4.69, 9.17) is 14.4 Å². The monoisotopic (exact) mass is 460 g/mol. The maximum absolute atomic E-state index is 13.5. The molecule has 174 valence electrons. The number of halogens is 3. The molecule has 3 aromatic rings. The van der Waals surface area contributed by atoms with Crippen molar-refractivity contribution >= 4 is 11.7 Å². The second-order valence-corrected chi connectivity index (χ2v) is 7.28. The van der Waals surface area contributed by atoms with Crippen LogP contribution in [-0.4, -0.2) is 17.6 Å². The van der Waals surface area contributed by atoms with Crippen LogP contribution in [0.3, 0.4) is 0 Å². The summed E-state index contributed by atoms with van der Waals surface area (Å²) in [5.41, 5.74) is 4.79. The SMILES string of the molecule is C=C(NOCc1ccc(-c2ccoc2)c(C(F)(F)F)c1)c1ccc(CNCCC(=O)O)cc1. The minimum atomic E-state index is -4.52. The molecule has 0 atom stereocenters. The number of hydrogen-bond donors (Lipinski definition) is 3. The second-order valence-electron chi connectivity index (χ2n) is 7.28. The molecule has 3 rings (SSSR count). The smallest absolute Gasteiger partial charge is 0.417 e. The minimum absolute atomic E-state index is 0.0370. The van der Waals surface area contributed by atoms with Crippen molar-refractivity contribution < 1.29 is 32.3 Å². The van der Waals surface area contributed by atoms with Crippen LogP contribution in [0.15, 0.2) is 72.1 Å². The van der Waals surface area contributed by atoms with Crippen LogP contribution in [0, 0.1) is 0 Å². The van der Waals surface area contributed by atoms with Crippen molar-refractivity contribution in [3.8, 4) is 11.1 Å². The van der Waals surface area contributed by atoms with Crippen LogP contribution in [-0.2, 0) is 29.0 Å². The molecule has 0 saturated heterocycles. The highest BCUT2D eigenvalue weighted by atomic mass is 19.4. The van der Waals surface area contributed by atoms with Gasteiger partial charge in [0.15, 0.2) is 0 Å². The molecule has 0 spiro atoms. The molecule has 0 amide bonds. The van der Waals surface area contributed by atoms with Crippen LogP contribution in [0.2, 0.25) is 0 Å². The molecule has 0 bridgehead atoms. The van der Waals surface area contributed by atoms with Crippen molar-refractivity contribution in [1.82, 2.24) is 10.8 Å². The summed E-state index contributed by atoms with van der Waals surface area (Å²) in [6.45, 7) is 4.68. The lowest BCUT2D eigenvalue weighted by Crippen LogP contribution is -2.17. The molecule has 1 heterocycles. The summed E-state index contributed by atoms with van der Waals surface area (Å²) >= 11 is 0. The predicted octanol–water partition coefficient (Wildman–Crippen LogP) is 5.22. The summed E-state index contributed by atoms with van der Waals surface area (Å²) in [6, 6.07) is 12.8. The second kappa shape index (κ2) is 10.8. The minimum Gasteiger partial charge on any atom is -0.481 e. The van der Waals surface area contributed by atoms with Crippen LogP contribution >= 0.6 is 0 Å². The van der Waals surface area contributed by atoms with Crippen molar-refractivity contribution in [2.45, 2.75) is 25.7 Å². The molecule has 6 nitrogen and oxygen atoms in total. The third-order valence-corrected chi connectivity index (χ3v) is 4.80. The number of carboxylic acid groups (broad SMARTS) is 1. The predicted molar refractivity (Wildman–Crippen MR) is 117 cm³/mol. The molecule has 0 radical (unpaired) electrons. The van der Waals surface area contributed by atoms with Gasteiger partial charge in [-0.15, -0.1) is 0 Å². The van der Waals surface area contributed by atoms with Gasteiger partial charge in [-0.2, -0.15) is 13.2 Å². The number of carbonyl (C=O) groups is 1. The number of aliphatic carboxylic acids is 1. The van der Waals surface area contributed by atoms with Gasteiger partial charge in [-0.1, -0.05) is 43.0 Å². The van der Waals surface area contributed by atoms with Crippen LogP contribution in [0.1, 0.15) is 28.7 Å². The zero-order valence-corrected chi connectivity index (χ0v) is 17.6. The quantitative estimate of drug-likeness (QED) is 0.269. The molecule has 3 N–H and O–H groups in total. The summed E-state index contributed by atoms with van der Waals surface area (Å²) in [6.07, 6.45) is -1.88. The number of nitrogens with one attached hydrogen (secondary N) is 2. The van der Waals surface area contributed by atoms with Crippen molar-refractivity contribution in [3.05, 3.63) is 89.9 Å². The van der Waals surface area contributed by atoms with Gasteiger partial charge in [0.2, 0.25) is 0 Å². The largest absolute Gasteiger partial charge is 0.481 e. The van der Waals surface area contributed by atoms with E-state index >= 15 is 0 Å². The molecule has 0 unspecified atom stereocenters. The van der Waals surface area contributed by atoms with Crippen molar-refractivity contribution in [1.29, 1.82) is 0 Å². The maximum Gasteiger partial charge on any atom is 0.417 e. The molecule has 0 aliphatic carbocycles. The topological polar surface area (TPSA) is 83.7 Å². The zero-order valence-electron chi connectivity index (χ0n) is 17.6. The Bertz CT molecular complexity index is 1080. The van der Waals surface area contributed by atoms with E-state index in [2.05, 4.69) is 17.4 Å². The zero-order chi connectivity index (χ0) is 23.8. The Hall–Kier alpha value is -3.56. The molecule has 0 fully saturated rings. The van der Waals surface area contributed by atoms with E-state index in [9.17, 15) is 18.0 Å². The molecular weight excluding hydrogens is 437 g/mol. The fourth-order valence-electron chi connectivity index (χ4n) is 3.10. The molecule has 2 aromatic carbocycles. The van der Waals surface area contributed by atoms with Gasteiger partial charge in [-0.05, 0) is 34.4 Å². The highest BCUT2D eigenvalue weighted by Gasteiger charge is 2.34. The van der Waals surface area contributed by atoms with Gasteiger partial charge in [-0.25, -0.2) is 0 Å². The number of hydroxylamine groups is 1. The number of carboxylic acids is 1. The number of alkyl halides is 3. The average Bonchev–Trinajstić information content (AvgIpc) is 3.31. The Kier molecular flexibility index (Phi) is 7.92. The lowest BCUT2D eigenvalue weighted by molar-refractivity contribution is -0.138. The first-order valence-electron chi connectivity index (χ1n) is 10.1. The van der Waals surface area contributed by atoms with E-state index in [0.717, 1.165) is 17.2 Å². The van der Waals surface area contributed by atoms with Gasteiger partial charge < -0.3 is 14.8 Å². The number of furan rings is 1. The van der Waals surface area contributed by atoms with Crippen LogP contribution in [0.5, 0.6) is 0 Å². The van der Waals surface area contributed by atoms with E-state index in [1.165, 1.54) is 24.7 Å². The molecule has 9 heteroatoms. The summed E-state index contributed by atoms with van der Waals surface area (Å²) in [4.78, 5) is 15.9. The molecule has 0 aliphatic heterocycles. The van der Waals surface area contributed by atoms with Gasteiger partial charge in [0.25, 0.3) is 0 Å². The van der Waals surface area contributed by atoms with E-state index in [1.807, 2.05) is 24.3 Å². The molecule has 1 aromatic heterocycles. The lowest BCUT2D eigenvalue weighted by Gasteiger charge is -2.15. The van der Waals surface area contributed by atoms with Crippen molar-refractivity contribution in [2.24, 2.45) is 0 Å². The Morgan fingerprint density at radius 2 is 1.82 bits per heavy atom. The average molecular weight is 460 g/mol. The first-order valence-corrected chi connectivity index (χ1v) is 10.1. The Morgan fingerprint density at radius 1 is 1.09 bits per heavy atom. The van der Waals surface area contributed by atoms with E-state index < -0.39 is 17.7 Å². The maximum atomic E-state index is 13.5. The first kappa shape index (κ1) is 24.1. The number of benzene rings is 2. The Labute approximate surface area is 188 Å². The summed E-state index contributed by atoms with van der Waals surface area (Å²) in [7, 11) is 0. The summed E-state index contributed by atoms with van der Waals surface area (Å²) in [5.74, 6) is -0.858. The van der Waals surface area contributed by atoms with Crippen molar-refractivity contribution in [3.63, 3.8) is 0 Å². The molecule has 0 aliphatic rings. The standard InChI is InChI=1S/C24H23F3N2O4/c1-16(19-5-2-17(3-6-19)13-28-10-8-23(30)31)29-33-14-18-4-7-21(20-9-11-32-15-20)22(12-18)24(25,26)27/h2-7,9,11-12,15,28-29H,1,8,10,13-14H2,(H,30,31). The summed E-state index contributed by atoms with van der Waals surface area (Å²) < 4.78 is 45.5. The van der Waals surface area contributed by atoms with Crippen LogP contribution < -0.4 is 10.8 Å². The molecule has 33 heavy (non-hydrogen) atoms. The van der Waals surface area contributed by atoms with Crippen molar-refractivity contribution in [2.75, 3.05) is 6.54 Å². The van der Waals surface area contributed by atoms with E-state index in [0.29, 0.717) is 29.9 Å². The van der Waals surface area contributed by atoms with E-state index in [1.54, 1.807) is 6.07 Å². The third-order valence-electron chi connectivity index (χ3n) is 4.80. The third kappa shape index (κ3) is 6.96. The number of rotatable bonds is 11. The molecular formula is C24H23F3N2O4. The van der Waals surface area contributed by atoms with Gasteiger partial charge >= 0.3 is 12.1 Å². The number of hydrogen-bond acceptors (Lipinski definition) is 5. The highest BCUT2D eigenvalue weighted by Crippen LogP contribution is 2.38. The summed E-state index contributed by atoms with van der Waals surface area (Å²) in [5, 5.41) is 11.7. The molecule has 0 saturated carbocycles. The normalized spacial score (nSPS) is 11.4. The fourth-order valence-corrected chi connectivity index (χ4v) is 3.10. The van der Waals surface area contributed by atoms with Gasteiger partial charge in [-0.3, -0.25) is 15.1 Å². The van der Waals surface area contributed by atoms with Crippen LogP contribution in [0.25, 0.3) is 16.8 Å². The lowest BCUT2D eigenvalue weighted by atomic mass is 9.99. The Balaban J connectivity index is 1.54. The highest BCUT2D eigenvalue weighted by molar-refractivity contribution is 5.68. The fraction of sp³-hybridized carbons (Fsp3) is 0.208. The first-order chi connectivity index (χ1) is 15.7. The van der Waals surface area contributed by atoms with E-state index in [-0.39, 0.29) is 18.6 Å². The Morgan fingerprint density at radius 3 is 2.45 bits per heavy atom.